The van der Waals surface area contributed by atoms with E-state index in [2.05, 4.69) is 23.6 Å². The first kappa shape index (κ1) is 22.9. The van der Waals surface area contributed by atoms with Gasteiger partial charge in [0, 0.05) is 29.2 Å². The summed E-state index contributed by atoms with van der Waals surface area (Å²) in [5.74, 6) is 0. The molecular formula is C24H24ClF3N2O. The van der Waals surface area contributed by atoms with Gasteiger partial charge in [0.2, 0.25) is 0 Å². The topological polar surface area (TPSA) is 33.6 Å². The fourth-order valence-electron chi connectivity index (χ4n) is 3.56. The van der Waals surface area contributed by atoms with Crippen LogP contribution in [0, 0.1) is 13.8 Å². The lowest BCUT2D eigenvalue weighted by molar-refractivity contribution is -0.275. The molecule has 2 aromatic carbocycles. The van der Waals surface area contributed by atoms with Crippen LogP contribution in [0.15, 0.2) is 60.3 Å². The van der Waals surface area contributed by atoms with Gasteiger partial charge in [0.25, 0.3) is 5.60 Å². The zero-order chi connectivity index (χ0) is 23.0. The van der Waals surface area contributed by atoms with E-state index in [9.17, 15) is 13.2 Å². The van der Waals surface area contributed by atoms with Crippen LogP contribution in [0.25, 0.3) is 5.70 Å². The SMILES string of the molecule is C=C(C)CNC(=C)c1ccc(C2=NOC(c3cc(C)cc(Cl)c3)(C(F)(F)F)C2)cc1C. The highest BCUT2D eigenvalue weighted by Gasteiger charge is 2.62. The molecular weight excluding hydrogens is 425 g/mol. The van der Waals surface area contributed by atoms with Gasteiger partial charge in [-0.25, -0.2) is 0 Å². The molecule has 1 atom stereocenters. The number of benzene rings is 2. The molecule has 1 heterocycles. The number of nitrogens with zero attached hydrogens (tertiary/aromatic N) is 1. The summed E-state index contributed by atoms with van der Waals surface area (Å²) in [4.78, 5) is 5.12. The predicted molar refractivity (Wildman–Crippen MR) is 119 cm³/mol. The van der Waals surface area contributed by atoms with Crippen LogP contribution in [-0.2, 0) is 10.4 Å². The lowest BCUT2D eigenvalue weighted by Crippen LogP contribution is -2.42. The molecule has 0 saturated carbocycles. The number of rotatable bonds is 6. The zero-order valence-corrected chi connectivity index (χ0v) is 18.4. The van der Waals surface area contributed by atoms with Crippen LogP contribution in [-0.4, -0.2) is 18.4 Å². The molecule has 0 aromatic heterocycles. The van der Waals surface area contributed by atoms with Crippen molar-refractivity contribution in [2.24, 2.45) is 5.16 Å². The zero-order valence-electron chi connectivity index (χ0n) is 17.7. The van der Waals surface area contributed by atoms with E-state index in [0.29, 0.717) is 17.7 Å². The van der Waals surface area contributed by atoms with Gasteiger partial charge in [0.1, 0.15) is 0 Å². The smallest absolute Gasteiger partial charge is 0.381 e. The molecule has 31 heavy (non-hydrogen) atoms. The first-order valence-corrected chi connectivity index (χ1v) is 10.1. The summed E-state index contributed by atoms with van der Waals surface area (Å²) >= 11 is 6.03. The number of aryl methyl sites for hydroxylation is 2. The maximum absolute atomic E-state index is 14.2. The van der Waals surface area contributed by atoms with Gasteiger partial charge in [-0.15, -0.1) is 0 Å². The molecule has 0 bridgehead atoms. The van der Waals surface area contributed by atoms with Crippen molar-refractivity contribution in [3.8, 4) is 0 Å². The molecule has 164 valence electrons. The lowest BCUT2D eigenvalue weighted by atomic mass is 9.85. The summed E-state index contributed by atoms with van der Waals surface area (Å²) in [6.07, 6.45) is -5.12. The molecule has 2 aromatic rings. The highest BCUT2D eigenvalue weighted by atomic mass is 35.5. The first-order chi connectivity index (χ1) is 14.4. The molecule has 0 saturated heterocycles. The Morgan fingerprint density at radius 1 is 1.19 bits per heavy atom. The lowest BCUT2D eigenvalue weighted by Gasteiger charge is -2.30. The summed E-state index contributed by atoms with van der Waals surface area (Å²) in [6, 6.07) is 9.66. The maximum atomic E-state index is 14.2. The van der Waals surface area contributed by atoms with Crippen molar-refractivity contribution in [3.05, 3.63) is 88.0 Å². The summed E-state index contributed by atoms with van der Waals surface area (Å²) in [7, 11) is 0. The van der Waals surface area contributed by atoms with Gasteiger partial charge in [0.05, 0.1) is 5.71 Å². The molecule has 1 aliphatic rings. The minimum atomic E-state index is -4.68. The average Bonchev–Trinajstić information content (AvgIpc) is 3.12. The van der Waals surface area contributed by atoms with Crippen molar-refractivity contribution in [2.75, 3.05) is 6.54 Å². The molecule has 7 heteroatoms. The molecule has 1 N–H and O–H groups in total. The molecule has 3 rings (SSSR count). The van der Waals surface area contributed by atoms with Gasteiger partial charge in [-0.3, -0.25) is 0 Å². The van der Waals surface area contributed by atoms with E-state index >= 15 is 0 Å². The Balaban J connectivity index is 1.91. The normalized spacial score (nSPS) is 18.4. The van der Waals surface area contributed by atoms with Crippen molar-refractivity contribution in [2.45, 2.75) is 39.0 Å². The van der Waals surface area contributed by atoms with Crippen LogP contribution in [0.4, 0.5) is 13.2 Å². The van der Waals surface area contributed by atoms with E-state index in [1.165, 1.54) is 12.1 Å². The number of nitrogens with one attached hydrogen (secondary N) is 1. The monoisotopic (exact) mass is 448 g/mol. The van der Waals surface area contributed by atoms with E-state index in [4.69, 9.17) is 16.4 Å². The molecule has 0 radical (unpaired) electrons. The number of hydrogen-bond donors (Lipinski definition) is 1. The Morgan fingerprint density at radius 2 is 1.90 bits per heavy atom. The van der Waals surface area contributed by atoms with Gasteiger partial charge in [-0.1, -0.05) is 53.7 Å². The van der Waals surface area contributed by atoms with Gasteiger partial charge >= 0.3 is 6.18 Å². The van der Waals surface area contributed by atoms with Crippen LogP contribution in [0.3, 0.4) is 0 Å². The number of alkyl halides is 3. The second-order valence-electron chi connectivity index (χ2n) is 7.97. The van der Waals surface area contributed by atoms with Crippen molar-refractivity contribution in [1.29, 1.82) is 0 Å². The third-order valence-electron chi connectivity index (χ3n) is 5.18. The van der Waals surface area contributed by atoms with E-state index in [1.807, 2.05) is 19.9 Å². The summed E-state index contributed by atoms with van der Waals surface area (Å²) < 4.78 is 42.6. The Kier molecular flexibility index (Phi) is 6.23. The second-order valence-corrected chi connectivity index (χ2v) is 8.40. The number of oxime groups is 1. The van der Waals surface area contributed by atoms with E-state index in [1.54, 1.807) is 25.1 Å². The quantitative estimate of drug-likeness (QED) is 0.500. The Labute approximate surface area is 185 Å². The average molecular weight is 449 g/mol. The van der Waals surface area contributed by atoms with Crippen molar-refractivity contribution in [1.82, 2.24) is 5.32 Å². The molecule has 3 nitrogen and oxygen atoms in total. The Bertz CT molecular complexity index is 1050. The molecule has 1 aliphatic heterocycles. The highest BCUT2D eigenvalue weighted by molar-refractivity contribution is 6.30. The molecule has 0 spiro atoms. The van der Waals surface area contributed by atoms with Gasteiger partial charge in [-0.05, 0) is 61.2 Å². The van der Waals surface area contributed by atoms with Gasteiger partial charge < -0.3 is 10.2 Å². The third kappa shape index (κ3) is 4.64. The van der Waals surface area contributed by atoms with E-state index in [-0.39, 0.29) is 16.3 Å². The Morgan fingerprint density at radius 3 is 2.48 bits per heavy atom. The van der Waals surface area contributed by atoms with Crippen LogP contribution < -0.4 is 5.32 Å². The maximum Gasteiger partial charge on any atom is 0.435 e. The summed E-state index contributed by atoms with van der Waals surface area (Å²) in [6.45, 7) is 13.9. The van der Waals surface area contributed by atoms with Crippen LogP contribution >= 0.6 is 11.6 Å². The standard InChI is InChI=1S/C24H24ClF3N2O/c1-14(2)13-29-17(5)21-7-6-18(10-16(21)4)22-12-23(31-30-22,24(26,27)28)19-8-15(3)9-20(25)11-19/h6-11,29H,1,5,12-13H2,2-4H3. The number of hydrogen-bond acceptors (Lipinski definition) is 3. The van der Waals surface area contributed by atoms with Crippen molar-refractivity contribution in [3.63, 3.8) is 0 Å². The van der Waals surface area contributed by atoms with Gasteiger partial charge in [0.15, 0.2) is 0 Å². The third-order valence-corrected chi connectivity index (χ3v) is 5.40. The van der Waals surface area contributed by atoms with Gasteiger partial charge in [-0.2, -0.15) is 13.2 Å². The van der Waals surface area contributed by atoms with Crippen LogP contribution in [0.1, 0.15) is 41.2 Å². The van der Waals surface area contributed by atoms with Crippen LogP contribution in [0.2, 0.25) is 5.02 Å². The molecule has 0 amide bonds. The molecule has 0 aliphatic carbocycles. The fraction of sp³-hybridized carbons (Fsp3) is 0.292. The van der Waals surface area contributed by atoms with E-state index < -0.39 is 18.2 Å². The minimum Gasteiger partial charge on any atom is -0.381 e. The summed E-state index contributed by atoms with van der Waals surface area (Å²) in [5.41, 5.74) is 2.20. The predicted octanol–water partition coefficient (Wildman–Crippen LogP) is 6.68. The molecule has 1 unspecified atom stereocenters. The summed E-state index contributed by atoms with van der Waals surface area (Å²) in [5, 5.41) is 7.24. The van der Waals surface area contributed by atoms with Crippen molar-refractivity contribution >= 4 is 23.0 Å². The van der Waals surface area contributed by atoms with Crippen LogP contribution in [0.5, 0.6) is 0 Å². The largest absolute Gasteiger partial charge is 0.435 e. The molecule has 0 fully saturated rings. The second kappa shape index (κ2) is 8.42. The highest BCUT2D eigenvalue weighted by Crippen LogP contribution is 2.49. The number of halogens is 4. The minimum absolute atomic E-state index is 0.0607. The van der Waals surface area contributed by atoms with Crippen molar-refractivity contribution < 1.29 is 18.0 Å². The fourth-order valence-corrected chi connectivity index (χ4v) is 3.85. The Hall–Kier alpha value is -2.73. The van der Waals surface area contributed by atoms with E-state index in [0.717, 1.165) is 22.4 Å². The first-order valence-electron chi connectivity index (χ1n) is 9.71.